The molecule has 0 aromatic heterocycles. The summed E-state index contributed by atoms with van der Waals surface area (Å²) in [6.07, 6.45) is -0.466. The van der Waals surface area contributed by atoms with Crippen molar-refractivity contribution in [2.75, 3.05) is 26.1 Å². The number of hydrogen-bond acceptors (Lipinski definition) is 3. The molecule has 84 valence electrons. The molecule has 1 aromatic rings. The molecule has 0 radical (unpaired) electrons. The number of anilines is 1. The lowest BCUT2D eigenvalue weighted by Crippen LogP contribution is -2.14. The first-order chi connectivity index (χ1) is 6.99. The second kappa shape index (κ2) is 4.53. The summed E-state index contributed by atoms with van der Waals surface area (Å²) >= 11 is 0. The largest absolute Gasteiger partial charge is 0.496 e. The maximum atomic E-state index is 9.67. The molecule has 0 spiro atoms. The molecule has 3 nitrogen and oxygen atoms in total. The Morgan fingerprint density at radius 3 is 2.33 bits per heavy atom. The van der Waals surface area contributed by atoms with Crippen LogP contribution in [-0.4, -0.2) is 26.3 Å². The van der Waals surface area contributed by atoms with E-state index in [1.54, 1.807) is 14.0 Å². The van der Waals surface area contributed by atoms with Gasteiger partial charge in [-0.25, -0.2) is 0 Å². The zero-order chi connectivity index (χ0) is 11.6. The van der Waals surface area contributed by atoms with Gasteiger partial charge >= 0.3 is 0 Å². The van der Waals surface area contributed by atoms with Gasteiger partial charge in [-0.15, -0.1) is 0 Å². The number of methoxy groups -OCH3 is 1. The highest BCUT2D eigenvalue weighted by molar-refractivity contribution is 5.63. The summed E-state index contributed by atoms with van der Waals surface area (Å²) in [5.74, 6) is 0.850. The molecule has 0 aliphatic carbocycles. The summed E-state index contributed by atoms with van der Waals surface area (Å²) in [5, 5.41) is 9.67. The number of benzene rings is 1. The molecule has 0 aliphatic rings. The average Bonchev–Trinajstić information content (AvgIpc) is 2.16. The quantitative estimate of drug-likeness (QED) is 0.827. The smallest absolute Gasteiger partial charge is 0.123 e. The van der Waals surface area contributed by atoms with Crippen molar-refractivity contribution in [3.8, 4) is 5.75 Å². The van der Waals surface area contributed by atoms with Gasteiger partial charge in [0, 0.05) is 30.9 Å². The molecule has 0 saturated heterocycles. The Hall–Kier alpha value is -1.22. The van der Waals surface area contributed by atoms with Crippen LogP contribution in [0, 0.1) is 6.92 Å². The summed E-state index contributed by atoms with van der Waals surface area (Å²) in [6.45, 7) is 3.77. The number of nitrogens with zero attached hydrogens (tertiary/aromatic N) is 1. The third kappa shape index (κ3) is 2.23. The molecule has 0 bridgehead atoms. The highest BCUT2D eigenvalue weighted by Gasteiger charge is 2.15. The first-order valence-electron chi connectivity index (χ1n) is 5.02. The Morgan fingerprint density at radius 2 is 1.93 bits per heavy atom. The second-order valence-electron chi connectivity index (χ2n) is 3.90. The van der Waals surface area contributed by atoms with E-state index in [0.717, 1.165) is 22.6 Å². The van der Waals surface area contributed by atoms with Crippen LogP contribution < -0.4 is 9.64 Å². The van der Waals surface area contributed by atoms with Gasteiger partial charge in [-0.2, -0.15) is 0 Å². The maximum absolute atomic E-state index is 9.67. The number of hydrogen-bond donors (Lipinski definition) is 1. The third-order valence-corrected chi connectivity index (χ3v) is 2.53. The van der Waals surface area contributed by atoms with Crippen molar-refractivity contribution < 1.29 is 9.84 Å². The lowest BCUT2D eigenvalue weighted by molar-refractivity contribution is 0.199. The minimum atomic E-state index is -0.466. The molecule has 3 heteroatoms. The van der Waals surface area contributed by atoms with Crippen LogP contribution in [0.2, 0.25) is 0 Å². The fraction of sp³-hybridized carbons (Fsp3) is 0.500. The molecular weight excluding hydrogens is 190 g/mol. The van der Waals surface area contributed by atoms with E-state index in [0.29, 0.717) is 0 Å². The lowest BCUT2D eigenvalue weighted by atomic mass is 10.0. The molecule has 15 heavy (non-hydrogen) atoms. The van der Waals surface area contributed by atoms with E-state index in [4.69, 9.17) is 4.74 Å². The van der Waals surface area contributed by atoms with Crippen LogP contribution in [-0.2, 0) is 0 Å². The van der Waals surface area contributed by atoms with Gasteiger partial charge in [0.15, 0.2) is 0 Å². The zero-order valence-corrected chi connectivity index (χ0v) is 10.0. The van der Waals surface area contributed by atoms with Crippen molar-refractivity contribution in [2.24, 2.45) is 0 Å². The van der Waals surface area contributed by atoms with Crippen molar-refractivity contribution in [3.05, 3.63) is 23.3 Å². The Labute approximate surface area is 91.3 Å². The lowest BCUT2D eigenvalue weighted by Gasteiger charge is -2.23. The molecule has 0 saturated carbocycles. The summed E-state index contributed by atoms with van der Waals surface area (Å²) in [4.78, 5) is 2.00. The van der Waals surface area contributed by atoms with Gasteiger partial charge in [0.05, 0.1) is 13.2 Å². The van der Waals surface area contributed by atoms with Crippen LogP contribution in [0.1, 0.15) is 24.2 Å². The second-order valence-corrected chi connectivity index (χ2v) is 3.90. The SMILES string of the molecule is COc1ccc(C(C)O)c(N(C)C)c1C. The monoisotopic (exact) mass is 209 g/mol. The van der Waals surface area contributed by atoms with Crippen LogP contribution in [0.15, 0.2) is 12.1 Å². The van der Waals surface area contributed by atoms with E-state index < -0.39 is 6.10 Å². The van der Waals surface area contributed by atoms with Crippen LogP contribution in [0.3, 0.4) is 0 Å². The Kier molecular flexibility index (Phi) is 3.58. The fourth-order valence-corrected chi connectivity index (χ4v) is 1.85. The zero-order valence-electron chi connectivity index (χ0n) is 10.0. The van der Waals surface area contributed by atoms with Gasteiger partial charge < -0.3 is 14.7 Å². The van der Waals surface area contributed by atoms with E-state index in [1.807, 2.05) is 38.1 Å². The van der Waals surface area contributed by atoms with Gasteiger partial charge in [-0.1, -0.05) is 6.07 Å². The van der Waals surface area contributed by atoms with Crippen molar-refractivity contribution in [3.63, 3.8) is 0 Å². The molecule has 1 unspecified atom stereocenters. The van der Waals surface area contributed by atoms with E-state index >= 15 is 0 Å². The topological polar surface area (TPSA) is 32.7 Å². The van der Waals surface area contributed by atoms with Gasteiger partial charge in [-0.05, 0) is 19.9 Å². The predicted molar refractivity (Wildman–Crippen MR) is 62.7 cm³/mol. The van der Waals surface area contributed by atoms with Crippen LogP contribution in [0.4, 0.5) is 5.69 Å². The average molecular weight is 209 g/mol. The number of ether oxygens (including phenoxy) is 1. The van der Waals surface area contributed by atoms with E-state index in [2.05, 4.69) is 0 Å². The first-order valence-corrected chi connectivity index (χ1v) is 5.02. The molecule has 1 atom stereocenters. The third-order valence-electron chi connectivity index (χ3n) is 2.53. The summed E-state index contributed by atoms with van der Waals surface area (Å²) in [5.41, 5.74) is 3.02. The molecule has 0 fully saturated rings. The Balaban J connectivity index is 3.37. The summed E-state index contributed by atoms with van der Waals surface area (Å²) < 4.78 is 5.26. The van der Waals surface area contributed by atoms with E-state index in [9.17, 15) is 5.11 Å². The first kappa shape index (κ1) is 11.9. The molecule has 1 N–H and O–H groups in total. The van der Waals surface area contributed by atoms with Crippen molar-refractivity contribution >= 4 is 5.69 Å². The number of aliphatic hydroxyl groups excluding tert-OH is 1. The van der Waals surface area contributed by atoms with Crippen molar-refractivity contribution in [1.82, 2.24) is 0 Å². The fourth-order valence-electron chi connectivity index (χ4n) is 1.85. The minimum absolute atomic E-state index is 0.466. The van der Waals surface area contributed by atoms with Crippen LogP contribution in [0.5, 0.6) is 5.75 Å². The van der Waals surface area contributed by atoms with E-state index in [1.165, 1.54) is 0 Å². The molecule has 0 heterocycles. The number of aliphatic hydroxyl groups is 1. The van der Waals surface area contributed by atoms with Gasteiger partial charge in [0.2, 0.25) is 0 Å². The van der Waals surface area contributed by atoms with E-state index in [-0.39, 0.29) is 0 Å². The highest BCUT2D eigenvalue weighted by atomic mass is 16.5. The van der Waals surface area contributed by atoms with Crippen LogP contribution in [0.25, 0.3) is 0 Å². The maximum Gasteiger partial charge on any atom is 0.123 e. The van der Waals surface area contributed by atoms with Crippen molar-refractivity contribution in [1.29, 1.82) is 0 Å². The van der Waals surface area contributed by atoms with Crippen molar-refractivity contribution in [2.45, 2.75) is 20.0 Å². The highest BCUT2D eigenvalue weighted by Crippen LogP contribution is 2.34. The predicted octanol–water partition coefficient (Wildman–Crippen LogP) is 2.12. The molecule has 1 rings (SSSR count). The van der Waals surface area contributed by atoms with Gasteiger partial charge in [0.25, 0.3) is 0 Å². The van der Waals surface area contributed by atoms with Crippen LogP contribution >= 0.6 is 0 Å². The molecule has 1 aromatic carbocycles. The Bertz CT molecular complexity index is 346. The molecular formula is C12H19NO2. The Morgan fingerprint density at radius 1 is 1.33 bits per heavy atom. The minimum Gasteiger partial charge on any atom is -0.496 e. The molecule has 0 aliphatic heterocycles. The summed E-state index contributed by atoms with van der Waals surface area (Å²) in [7, 11) is 5.59. The van der Waals surface area contributed by atoms with Gasteiger partial charge in [0.1, 0.15) is 5.75 Å². The normalized spacial score (nSPS) is 12.4. The number of rotatable bonds is 3. The van der Waals surface area contributed by atoms with Gasteiger partial charge in [-0.3, -0.25) is 0 Å². The molecule has 0 amide bonds. The summed E-state index contributed by atoms with van der Waals surface area (Å²) in [6, 6.07) is 3.80. The standard InChI is InChI=1S/C12H19NO2/c1-8-11(15-5)7-6-10(9(2)14)12(8)13(3)4/h6-7,9,14H,1-5H3.